The van der Waals surface area contributed by atoms with E-state index in [0.717, 1.165) is 24.9 Å². The molecule has 5 unspecified atom stereocenters. The highest BCUT2D eigenvalue weighted by molar-refractivity contribution is 6.25. The Morgan fingerprint density at radius 1 is 0.975 bits per heavy atom. The first-order valence-corrected chi connectivity index (χ1v) is 14.3. The first kappa shape index (κ1) is 31.9. The van der Waals surface area contributed by atoms with Crippen molar-refractivity contribution in [3.8, 4) is 0 Å². The molecular weight excluding hydrogens is 555 g/mol. The van der Waals surface area contributed by atoms with Gasteiger partial charge in [0.15, 0.2) is 0 Å². The highest BCUT2D eigenvalue weighted by Crippen LogP contribution is 2.37. The summed E-state index contributed by atoms with van der Waals surface area (Å²) >= 11 is 13.6. The lowest BCUT2D eigenvalue weighted by atomic mass is 9.82. The number of unbranched alkanes of at least 4 members (excludes halogenated alkanes) is 1. The van der Waals surface area contributed by atoms with Crippen LogP contribution < -0.4 is 5.32 Å². The van der Waals surface area contributed by atoms with Crippen molar-refractivity contribution in [2.45, 2.75) is 54.7 Å². The van der Waals surface area contributed by atoms with Gasteiger partial charge in [0.1, 0.15) is 12.1 Å². The zero-order valence-electron chi connectivity index (χ0n) is 23.1. The average molecular weight is 594 g/mol. The quantitative estimate of drug-likeness (QED) is 0.213. The van der Waals surface area contributed by atoms with Gasteiger partial charge >= 0.3 is 11.9 Å². The van der Waals surface area contributed by atoms with Crippen LogP contribution in [0.4, 0.5) is 0 Å². The number of nitrogens with one attached hydrogen (secondary N) is 1. The van der Waals surface area contributed by atoms with E-state index < -0.39 is 52.8 Å². The van der Waals surface area contributed by atoms with Crippen molar-refractivity contribution in [3.63, 3.8) is 0 Å². The molecular formula is C30H38Cl2N2O6. The molecule has 0 aliphatic heterocycles. The van der Waals surface area contributed by atoms with Crippen molar-refractivity contribution >= 4 is 41.0 Å². The Labute approximate surface area is 246 Å². The van der Waals surface area contributed by atoms with Gasteiger partial charge in [-0.05, 0) is 57.6 Å². The van der Waals surface area contributed by atoms with Gasteiger partial charge in [0, 0.05) is 13.0 Å². The third kappa shape index (κ3) is 9.20. The zero-order valence-corrected chi connectivity index (χ0v) is 24.6. The number of alkyl halides is 2. The Kier molecular flexibility index (Phi) is 12.7. The van der Waals surface area contributed by atoms with Crippen molar-refractivity contribution in [2.75, 3.05) is 34.4 Å². The van der Waals surface area contributed by atoms with E-state index in [1.807, 2.05) is 44.4 Å². The van der Waals surface area contributed by atoms with Crippen molar-refractivity contribution in [2.24, 2.45) is 5.92 Å². The number of nitrogens with zero attached hydrogens (tertiary/aromatic N) is 1. The molecule has 2 aromatic carbocycles. The Hall–Kier alpha value is -2.65. The van der Waals surface area contributed by atoms with Crippen molar-refractivity contribution in [1.82, 2.24) is 10.2 Å². The molecule has 1 amide bonds. The highest BCUT2D eigenvalue weighted by Gasteiger charge is 2.49. The highest BCUT2D eigenvalue weighted by atomic mass is 35.5. The minimum atomic E-state index is -1.04. The smallest absolute Gasteiger partial charge is 0.338 e. The van der Waals surface area contributed by atoms with Gasteiger partial charge in [0.25, 0.3) is 0 Å². The molecule has 1 N–H and O–H groups in total. The van der Waals surface area contributed by atoms with Crippen LogP contribution in [0, 0.1) is 5.92 Å². The van der Waals surface area contributed by atoms with E-state index in [2.05, 4.69) is 10.2 Å². The van der Waals surface area contributed by atoms with Crippen LogP contribution in [0.2, 0.25) is 0 Å². The molecule has 0 aromatic heterocycles. The molecule has 2 aromatic rings. The van der Waals surface area contributed by atoms with Gasteiger partial charge in [0.05, 0.1) is 35.4 Å². The normalized spacial score (nSPS) is 23.3. The van der Waals surface area contributed by atoms with Gasteiger partial charge in [-0.1, -0.05) is 48.5 Å². The lowest BCUT2D eigenvalue weighted by Gasteiger charge is -2.41. The van der Waals surface area contributed by atoms with Gasteiger partial charge in [-0.3, -0.25) is 4.79 Å². The number of carbonyl (C=O) groups excluding carboxylic acids is 3. The minimum absolute atomic E-state index is 0.144. The predicted octanol–water partition coefficient (Wildman–Crippen LogP) is 4.07. The van der Waals surface area contributed by atoms with E-state index in [1.165, 1.54) is 7.11 Å². The third-order valence-electron chi connectivity index (χ3n) is 6.84. The number of carbonyl (C=O) groups is 3. The first-order valence-electron chi connectivity index (χ1n) is 13.4. The number of rotatable bonds is 13. The first-order chi connectivity index (χ1) is 19.2. The van der Waals surface area contributed by atoms with Crippen LogP contribution in [-0.4, -0.2) is 86.1 Å². The van der Waals surface area contributed by atoms with Crippen molar-refractivity contribution in [3.05, 3.63) is 71.8 Å². The number of methoxy groups -OCH3 is 1. The van der Waals surface area contributed by atoms with Crippen LogP contribution >= 0.6 is 23.2 Å². The molecule has 40 heavy (non-hydrogen) atoms. The molecule has 1 saturated carbocycles. The maximum atomic E-state index is 13.6. The molecule has 0 saturated heterocycles. The van der Waals surface area contributed by atoms with Crippen LogP contribution in [0.15, 0.2) is 60.7 Å². The summed E-state index contributed by atoms with van der Waals surface area (Å²) in [4.78, 5) is 41.3. The molecule has 0 radical (unpaired) electrons. The average Bonchev–Trinajstić information content (AvgIpc) is 2.95. The molecule has 1 fully saturated rings. The van der Waals surface area contributed by atoms with Gasteiger partial charge in [0.2, 0.25) is 5.91 Å². The zero-order chi connectivity index (χ0) is 29.1. The number of benzene rings is 2. The Morgan fingerprint density at radius 3 is 2.25 bits per heavy atom. The molecule has 3 rings (SSSR count). The Morgan fingerprint density at radius 2 is 1.62 bits per heavy atom. The van der Waals surface area contributed by atoms with E-state index in [4.69, 9.17) is 37.4 Å². The predicted molar refractivity (Wildman–Crippen MR) is 155 cm³/mol. The molecule has 0 bridgehead atoms. The van der Waals surface area contributed by atoms with Gasteiger partial charge < -0.3 is 24.4 Å². The van der Waals surface area contributed by atoms with Crippen LogP contribution in [0.25, 0.3) is 0 Å². The van der Waals surface area contributed by atoms with Gasteiger partial charge in [-0.2, -0.15) is 0 Å². The molecule has 0 spiro atoms. The second-order valence-electron chi connectivity index (χ2n) is 10.2. The summed E-state index contributed by atoms with van der Waals surface area (Å²) in [6.07, 6.45) is 0.444. The third-order valence-corrected chi connectivity index (χ3v) is 7.77. The second-order valence-corrected chi connectivity index (χ2v) is 11.2. The number of esters is 2. The number of amides is 1. The van der Waals surface area contributed by atoms with E-state index in [1.54, 1.807) is 30.3 Å². The SMILES string of the molecule is COC(=O)[C@H](Cc1ccccc1)NC(=O)C1CC(Cl)C(OCCCCN(C)C)C(Cl)C1OC(=O)c1ccccc1. The summed E-state index contributed by atoms with van der Waals surface area (Å²) in [5, 5.41) is 1.29. The van der Waals surface area contributed by atoms with E-state index in [-0.39, 0.29) is 12.8 Å². The summed E-state index contributed by atoms with van der Waals surface area (Å²) in [6.45, 7) is 1.36. The van der Waals surface area contributed by atoms with E-state index in [0.29, 0.717) is 12.2 Å². The second kappa shape index (κ2) is 16.0. The van der Waals surface area contributed by atoms with Gasteiger partial charge in [-0.25, -0.2) is 9.59 Å². The number of ether oxygens (including phenoxy) is 3. The fourth-order valence-corrected chi connectivity index (χ4v) is 5.67. The standard InChI is InChI=1S/C30H38Cl2N2O6/c1-34(2)16-10-11-17-39-27-23(31)19-22(26(25(27)32)40-29(36)21-14-8-5-9-15-21)28(35)33-24(30(37)38-3)18-20-12-6-4-7-13-20/h4-9,12-15,22-27H,10-11,16-19H2,1-3H3,(H,33,35)/t22?,23?,24-,25?,26?,27?/m0/s1. The van der Waals surface area contributed by atoms with Gasteiger partial charge in [-0.15, -0.1) is 23.2 Å². The van der Waals surface area contributed by atoms with Crippen LogP contribution in [0.3, 0.4) is 0 Å². The molecule has 6 atom stereocenters. The van der Waals surface area contributed by atoms with Crippen LogP contribution in [0.1, 0.15) is 35.2 Å². The van der Waals surface area contributed by atoms with Crippen molar-refractivity contribution < 1.29 is 28.6 Å². The summed E-state index contributed by atoms with van der Waals surface area (Å²) in [7, 11) is 5.28. The fraction of sp³-hybridized carbons (Fsp3) is 0.500. The maximum Gasteiger partial charge on any atom is 0.338 e. The molecule has 218 valence electrons. The number of hydrogen-bond acceptors (Lipinski definition) is 7. The van der Waals surface area contributed by atoms with Crippen molar-refractivity contribution in [1.29, 1.82) is 0 Å². The molecule has 8 nitrogen and oxygen atoms in total. The summed E-state index contributed by atoms with van der Waals surface area (Å²) in [5.74, 6) is -2.61. The summed E-state index contributed by atoms with van der Waals surface area (Å²) < 4.78 is 16.9. The summed E-state index contributed by atoms with van der Waals surface area (Å²) in [6, 6.07) is 16.8. The van der Waals surface area contributed by atoms with Crippen LogP contribution in [0.5, 0.6) is 0 Å². The topological polar surface area (TPSA) is 94.2 Å². The van der Waals surface area contributed by atoms with E-state index >= 15 is 0 Å². The van der Waals surface area contributed by atoms with E-state index in [9.17, 15) is 14.4 Å². The molecule has 1 aliphatic rings. The number of hydrogen-bond donors (Lipinski definition) is 1. The molecule has 1 aliphatic carbocycles. The Balaban J connectivity index is 1.78. The number of halogens is 2. The van der Waals surface area contributed by atoms with Crippen LogP contribution in [-0.2, 0) is 30.2 Å². The largest absolute Gasteiger partial charge is 0.467 e. The lowest BCUT2D eigenvalue weighted by molar-refractivity contribution is -0.147. The maximum absolute atomic E-state index is 13.6. The fourth-order valence-electron chi connectivity index (χ4n) is 4.70. The minimum Gasteiger partial charge on any atom is -0.467 e. The lowest BCUT2D eigenvalue weighted by Crippen LogP contribution is -2.57. The molecule has 0 heterocycles. The summed E-state index contributed by atoms with van der Waals surface area (Å²) in [5.41, 5.74) is 1.18. The monoisotopic (exact) mass is 592 g/mol. The Bertz CT molecular complexity index is 1090. The molecule has 10 heteroatoms.